The minimum absolute atomic E-state index is 0.0416. The Kier molecular flexibility index (Phi) is 6.26. The van der Waals surface area contributed by atoms with Crippen molar-refractivity contribution in [3.8, 4) is 11.1 Å². The molecule has 0 aliphatic rings. The van der Waals surface area contributed by atoms with E-state index in [4.69, 9.17) is 10.5 Å². The molecule has 3 aromatic rings. The van der Waals surface area contributed by atoms with E-state index in [1.54, 1.807) is 31.2 Å². The van der Waals surface area contributed by atoms with Crippen molar-refractivity contribution in [2.75, 3.05) is 18.2 Å². The maximum atomic E-state index is 13.3. The van der Waals surface area contributed by atoms with Crippen LogP contribution in [0.4, 0.5) is 20.3 Å². The number of nitrogens with one attached hydrogen (secondary N) is 1. The molecule has 0 radical (unpaired) electrons. The first-order valence-electron chi connectivity index (χ1n) is 9.09. The van der Waals surface area contributed by atoms with Crippen LogP contribution in [0.5, 0.6) is 0 Å². The van der Waals surface area contributed by atoms with Gasteiger partial charge < -0.3 is 20.9 Å². The number of benzene rings is 2. The minimum Gasteiger partial charge on any atom is -0.465 e. The zero-order valence-corrected chi connectivity index (χ0v) is 16.6. The van der Waals surface area contributed by atoms with Crippen LogP contribution in [0.2, 0.25) is 0 Å². The van der Waals surface area contributed by atoms with E-state index in [1.165, 1.54) is 13.3 Å². The number of methoxy groups -OCH3 is 1. The predicted octanol–water partition coefficient (Wildman–Crippen LogP) is 3.38. The van der Waals surface area contributed by atoms with Gasteiger partial charge in [0.15, 0.2) is 6.10 Å². The van der Waals surface area contributed by atoms with Crippen molar-refractivity contribution in [1.82, 2.24) is 4.98 Å². The number of aromatic nitrogens is 1. The molecule has 160 valence electrons. The van der Waals surface area contributed by atoms with Crippen molar-refractivity contribution in [1.29, 1.82) is 0 Å². The molecule has 0 saturated carbocycles. The van der Waals surface area contributed by atoms with Gasteiger partial charge in [0.2, 0.25) is 0 Å². The Morgan fingerprint density at radius 3 is 2.42 bits per heavy atom. The summed E-state index contributed by atoms with van der Waals surface area (Å²) in [6.07, 6.45) is -0.251. The normalized spacial score (nSPS) is 11.6. The number of nitrogens with zero attached hydrogens (tertiary/aromatic N) is 1. The van der Waals surface area contributed by atoms with Crippen molar-refractivity contribution < 1.29 is 28.2 Å². The van der Waals surface area contributed by atoms with Crippen LogP contribution in [0.15, 0.2) is 48.7 Å². The number of aryl methyl sites for hydroxylation is 1. The molecule has 7 nitrogen and oxygen atoms in total. The fourth-order valence-corrected chi connectivity index (χ4v) is 3.06. The Morgan fingerprint density at radius 1 is 1.13 bits per heavy atom. The Bertz CT molecular complexity index is 1150. The van der Waals surface area contributed by atoms with E-state index >= 15 is 0 Å². The van der Waals surface area contributed by atoms with E-state index in [2.05, 4.69) is 10.3 Å². The SMILES string of the molecule is COC(=O)c1cc(-c2ccc(NC(=O)C(O)c3cc(F)cc(F)c3)cc2C)cnc1N. The predicted molar refractivity (Wildman–Crippen MR) is 110 cm³/mol. The number of anilines is 2. The standard InChI is InChI=1S/C22H19F2N3O4/c1-11-5-16(27-21(29)19(28)12-6-14(23)9-15(24)7-12)3-4-17(11)13-8-18(22(30)31-2)20(25)26-10-13/h3-10,19,28H,1-2H3,(H2,25,26)(H,27,29). The van der Waals surface area contributed by atoms with Crippen molar-refractivity contribution in [2.45, 2.75) is 13.0 Å². The molecule has 0 spiro atoms. The van der Waals surface area contributed by atoms with Gasteiger partial charge in [0.1, 0.15) is 23.0 Å². The molecule has 1 unspecified atom stereocenters. The number of aliphatic hydroxyl groups is 1. The van der Waals surface area contributed by atoms with Gasteiger partial charge >= 0.3 is 5.97 Å². The molecule has 1 aromatic heterocycles. The number of carbonyl (C=O) groups is 2. The maximum absolute atomic E-state index is 13.3. The summed E-state index contributed by atoms with van der Waals surface area (Å²) in [5.41, 5.74) is 8.08. The number of esters is 1. The molecule has 2 aromatic carbocycles. The molecule has 0 aliphatic heterocycles. The molecule has 0 fully saturated rings. The summed E-state index contributed by atoms with van der Waals surface area (Å²) >= 11 is 0. The summed E-state index contributed by atoms with van der Waals surface area (Å²) in [4.78, 5) is 28.2. The molecule has 0 bridgehead atoms. The lowest BCUT2D eigenvalue weighted by Gasteiger charge is -2.14. The number of ether oxygens (including phenoxy) is 1. The molecule has 1 heterocycles. The van der Waals surface area contributed by atoms with Gasteiger partial charge in [0, 0.05) is 23.5 Å². The fourth-order valence-electron chi connectivity index (χ4n) is 3.06. The highest BCUT2D eigenvalue weighted by Crippen LogP contribution is 2.28. The van der Waals surface area contributed by atoms with Crippen LogP contribution in [0.3, 0.4) is 0 Å². The second-order valence-electron chi connectivity index (χ2n) is 6.77. The average Bonchev–Trinajstić information content (AvgIpc) is 2.72. The number of nitrogen functional groups attached to an aromatic ring is 1. The Balaban J connectivity index is 1.82. The molecule has 0 aliphatic carbocycles. The number of hydrogen-bond donors (Lipinski definition) is 3. The summed E-state index contributed by atoms with van der Waals surface area (Å²) in [5, 5.41) is 12.6. The Morgan fingerprint density at radius 2 is 1.81 bits per heavy atom. The molecule has 9 heteroatoms. The van der Waals surface area contributed by atoms with Gasteiger partial charge in [0.25, 0.3) is 5.91 Å². The summed E-state index contributed by atoms with van der Waals surface area (Å²) in [6.45, 7) is 1.78. The third kappa shape index (κ3) is 4.84. The second-order valence-corrected chi connectivity index (χ2v) is 6.77. The van der Waals surface area contributed by atoms with Crippen molar-refractivity contribution in [3.05, 3.63) is 77.0 Å². The van der Waals surface area contributed by atoms with Gasteiger partial charge in [-0.2, -0.15) is 0 Å². The first kappa shape index (κ1) is 21.8. The van der Waals surface area contributed by atoms with Crippen LogP contribution in [-0.2, 0) is 9.53 Å². The van der Waals surface area contributed by atoms with E-state index in [9.17, 15) is 23.5 Å². The lowest BCUT2D eigenvalue weighted by molar-refractivity contribution is -0.124. The number of carbonyl (C=O) groups excluding carboxylic acids is 2. The number of nitrogens with two attached hydrogens (primary N) is 1. The fraction of sp³-hybridized carbons (Fsp3) is 0.136. The molecular weight excluding hydrogens is 408 g/mol. The monoisotopic (exact) mass is 427 g/mol. The van der Waals surface area contributed by atoms with Gasteiger partial charge in [0.05, 0.1) is 7.11 Å². The Labute approximate surface area is 176 Å². The highest BCUT2D eigenvalue weighted by atomic mass is 19.1. The number of hydrogen-bond acceptors (Lipinski definition) is 6. The third-order valence-corrected chi connectivity index (χ3v) is 4.58. The topological polar surface area (TPSA) is 115 Å². The van der Waals surface area contributed by atoms with Crippen molar-refractivity contribution in [2.24, 2.45) is 0 Å². The van der Waals surface area contributed by atoms with Crippen LogP contribution >= 0.6 is 0 Å². The van der Waals surface area contributed by atoms with E-state index < -0.39 is 29.6 Å². The van der Waals surface area contributed by atoms with Gasteiger partial charge in [-0.05, 0) is 53.9 Å². The van der Waals surface area contributed by atoms with Crippen LogP contribution in [0, 0.1) is 18.6 Å². The molecule has 4 N–H and O–H groups in total. The lowest BCUT2D eigenvalue weighted by atomic mass is 10.00. The second kappa shape index (κ2) is 8.88. The first-order chi connectivity index (χ1) is 14.7. The first-order valence-corrected chi connectivity index (χ1v) is 9.09. The average molecular weight is 427 g/mol. The summed E-state index contributed by atoms with van der Waals surface area (Å²) in [5.74, 6) is -3.22. The van der Waals surface area contributed by atoms with Crippen molar-refractivity contribution >= 4 is 23.4 Å². The van der Waals surface area contributed by atoms with Crippen molar-refractivity contribution in [3.63, 3.8) is 0 Å². The summed E-state index contributed by atoms with van der Waals surface area (Å²) in [6, 6.07) is 8.87. The highest BCUT2D eigenvalue weighted by molar-refractivity contribution is 5.96. The number of amides is 1. The molecular formula is C22H19F2N3O4. The van der Waals surface area contributed by atoms with E-state index in [0.717, 1.165) is 23.3 Å². The summed E-state index contributed by atoms with van der Waals surface area (Å²) < 4.78 is 31.4. The van der Waals surface area contributed by atoms with E-state index in [1.807, 2.05) is 0 Å². The van der Waals surface area contributed by atoms with E-state index in [-0.39, 0.29) is 16.9 Å². The van der Waals surface area contributed by atoms with Crippen LogP contribution in [0.25, 0.3) is 11.1 Å². The van der Waals surface area contributed by atoms with Gasteiger partial charge in [-0.15, -0.1) is 0 Å². The maximum Gasteiger partial charge on any atom is 0.341 e. The quantitative estimate of drug-likeness (QED) is 0.538. The number of pyridine rings is 1. The lowest BCUT2D eigenvalue weighted by Crippen LogP contribution is -2.21. The Hall–Kier alpha value is -3.85. The number of rotatable bonds is 5. The van der Waals surface area contributed by atoms with Crippen LogP contribution < -0.4 is 11.1 Å². The minimum atomic E-state index is -1.76. The molecule has 1 atom stereocenters. The van der Waals surface area contributed by atoms with Gasteiger partial charge in [-0.3, -0.25) is 4.79 Å². The third-order valence-electron chi connectivity index (χ3n) is 4.58. The molecule has 3 rings (SSSR count). The molecule has 0 saturated heterocycles. The largest absolute Gasteiger partial charge is 0.465 e. The molecule has 1 amide bonds. The summed E-state index contributed by atoms with van der Waals surface area (Å²) in [7, 11) is 1.24. The number of halogens is 2. The zero-order valence-electron chi connectivity index (χ0n) is 16.6. The smallest absolute Gasteiger partial charge is 0.341 e. The highest BCUT2D eigenvalue weighted by Gasteiger charge is 2.20. The van der Waals surface area contributed by atoms with Gasteiger partial charge in [-0.25, -0.2) is 18.6 Å². The number of aliphatic hydroxyl groups excluding tert-OH is 1. The van der Waals surface area contributed by atoms with Crippen LogP contribution in [-0.4, -0.2) is 29.1 Å². The van der Waals surface area contributed by atoms with Gasteiger partial charge in [-0.1, -0.05) is 6.07 Å². The molecule has 31 heavy (non-hydrogen) atoms. The zero-order chi connectivity index (χ0) is 22.7. The van der Waals surface area contributed by atoms with E-state index in [0.29, 0.717) is 17.3 Å². The van der Waals surface area contributed by atoms with Crippen LogP contribution in [0.1, 0.15) is 27.6 Å².